The Morgan fingerprint density at radius 3 is 2.30 bits per heavy atom. The van der Waals surface area contributed by atoms with Crippen LogP contribution < -0.4 is 10.6 Å². The van der Waals surface area contributed by atoms with Crippen molar-refractivity contribution in [1.82, 2.24) is 15.5 Å². The largest absolute Gasteiger partial charge is 0.354 e. The Kier molecular flexibility index (Phi) is 5.26. The second kappa shape index (κ2) is 7.61. The van der Waals surface area contributed by atoms with Crippen LogP contribution in [0.5, 0.6) is 0 Å². The van der Waals surface area contributed by atoms with Gasteiger partial charge in [0.25, 0.3) is 5.91 Å². The normalized spacial score (nSPS) is 20.3. The Morgan fingerprint density at radius 1 is 1.07 bits per heavy atom. The highest BCUT2D eigenvalue weighted by molar-refractivity contribution is 6.09. The fourth-order valence-electron chi connectivity index (χ4n) is 3.17. The van der Waals surface area contributed by atoms with Gasteiger partial charge in [-0.1, -0.05) is 67.6 Å². The smallest absolute Gasteiger partial charge is 0.325 e. The molecular weight excluding hydrogens is 342 g/mol. The van der Waals surface area contributed by atoms with Gasteiger partial charge in [0.15, 0.2) is 0 Å². The summed E-state index contributed by atoms with van der Waals surface area (Å²) < 4.78 is 0. The van der Waals surface area contributed by atoms with E-state index in [2.05, 4.69) is 10.6 Å². The van der Waals surface area contributed by atoms with E-state index in [1.807, 2.05) is 43.3 Å². The van der Waals surface area contributed by atoms with Gasteiger partial charge in [-0.3, -0.25) is 14.5 Å². The predicted molar refractivity (Wildman–Crippen MR) is 102 cm³/mol. The van der Waals surface area contributed by atoms with E-state index in [0.29, 0.717) is 12.1 Å². The fraction of sp³-hybridized carbons (Fsp3) is 0.286. The zero-order valence-corrected chi connectivity index (χ0v) is 15.4. The van der Waals surface area contributed by atoms with E-state index < -0.39 is 17.5 Å². The van der Waals surface area contributed by atoms with E-state index >= 15 is 0 Å². The molecule has 27 heavy (non-hydrogen) atoms. The molecule has 1 heterocycles. The van der Waals surface area contributed by atoms with Crippen molar-refractivity contribution in [3.8, 4) is 0 Å². The summed E-state index contributed by atoms with van der Waals surface area (Å²) in [5.41, 5.74) is 0.643. The second-order valence-electron chi connectivity index (χ2n) is 6.93. The molecule has 1 aliphatic rings. The van der Waals surface area contributed by atoms with E-state index in [9.17, 15) is 14.4 Å². The average Bonchev–Trinajstić information content (AvgIpc) is 2.91. The summed E-state index contributed by atoms with van der Waals surface area (Å²) in [4.78, 5) is 38.3. The Balaban J connectivity index is 1.61. The molecule has 1 aliphatic heterocycles. The first-order valence-corrected chi connectivity index (χ1v) is 8.93. The predicted octanol–water partition coefficient (Wildman–Crippen LogP) is 2.37. The van der Waals surface area contributed by atoms with Gasteiger partial charge in [0, 0.05) is 6.54 Å². The van der Waals surface area contributed by atoms with Crippen LogP contribution >= 0.6 is 0 Å². The molecule has 0 unspecified atom stereocenters. The molecule has 1 fully saturated rings. The first-order chi connectivity index (χ1) is 12.9. The molecule has 0 aliphatic carbocycles. The van der Waals surface area contributed by atoms with Crippen LogP contribution in [0.3, 0.4) is 0 Å². The fourth-order valence-corrected chi connectivity index (χ4v) is 3.17. The third-order valence-corrected chi connectivity index (χ3v) is 4.90. The Bertz CT molecular complexity index is 838. The van der Waals surface area contributed by atoms with Crippen LogP contribution in [-0.2, 0) is 15.1 Å². The lowest BCUT2D eigenvalue weighted by molar-refractivity contribution is -0.134. The van der Waals surface area contributed by atoms with Crippen LogP contribution in [-0.4, -0.2) is 35.8 Å². The molecule has 2 atom stereocenters. The number of nitrogens with zero attached hydrogens (tertiary/aromatic N) is 1. The highest BCUT2D eigenvalue weighted by Gasteiger charge is 2.49. The van der Waals surface area contributed by atoms with Crippen molar-refractivity contribution >= 4 is 17.8 Å². The van der Waals surface area contributed by atoms with Gasteiger partial charge in [0.1, 0.15) is 12.1 Å². The number of amides is 4. The zero-order valence-electron chi connectivity index (χ0n) is 15.4. The highest BCUT2D eigenvalue weighted by Crippen LogP contribution is 2.28. The first kappa shape index (κ1) is 18.6. The molecule has 4 amide bonds. The summed E-state index contributed by atoms with van der Waals surface area (Å²) in [5.74, 6) is -0.656. The number of hydrogen-bond acceptors (Lipinski definition) is 3. The Hall–Kier alpha value is -3.15. The van der Waals surface area contributed by atoms with E-state index in [1.54, 1.807) is 31.2 Å². The summed E-state index contributed by atoms with van der Waals surface area (Å²) in [7, 11) is 0. The number of rotatable bonds is 6. The van der Waals surface area contributed by atoms with E-state index in [4.69, 9.17) is 0 Å². The number of hydrogen-bond donors (Lipinski definition) is 2. The van der Waals surface area contributed by atoms with Gasteiger partial charge in [-0.25, -0.2) is 4.79 Å². The lowest BCUT2D eigenvalue weighted by Gasteiger charge is -2.22. The molecule has 0 spiro atoms. The van der Waals surface area contributed by atoms with Crippen molar-refractivity contribution in [3.63, 3.8) is 0 Å². The van der Waals surface area contributed by atoms with Crippen molar-refractivity contribution in [2.45, 2.75) is 25.3 Å². The standard InChI is InChI=1S/C21H23N3O3/c1-15(16-9-5-3-6-10-16)13-22-18(25)14-24-19(26)21(2,23-20(24)27)17-11-7-4-8-12-17/h3-12,15H,13-14H2,1-2H3,(H,22,25)(H,23,27)/t15-,21+/m1/s1. The minimum Gasteiger partial charge on any atom is -0.354 e. The summed E-state index contributed by atoms with van der Waals surface area (Å²) >= 11 is 0. The third-order valence-electron chi connectivity index (χ3n) is 4.90. The number of nitrogens with one attached hydrogen (secondary N) is 2. The maximum atomic E-state index is 12.8. The van der Waals surface area contributed by atoms with Gasteiger partial charge in [0.2, 0.25) is 5.91 Å². The SMILES string of the molecule is C[C@H](CNC(=O)CN1C(=O)N[C@@](C)(c2ccccc2)C1=O)c1ccccc1. The summed E-state index contributed by atoms with van der Waals surface area (Å²) in [5, 5.41) is 5.50. The minimum atomic E-state index is -1.16. The Labute approximate surface area is 158 Å². The van der Waals surface area contributed by atoms with Crippen LogP contribution in [0, 0.1) is 0 Å². The first-order valence-electron chi connectivity index (χ1n) is 8.93. The maximum Gasteiger partial charge on any atom is 0.325 e. The molecular formula is C21H23N3O3. The molecule has 3 rings (SSSR count). The molecule has 2 aromatic rings. The second-order valence-corrected chi connectivity index (χ2v) is 6.93. The third kappa shape index (κ3) is 3.84. The van der Waals surface area contributed by atoms with Gasteiger partial charge < -0.3 is 10.6 Å². The lowest BCUT2D eigenvalue weighted by atomic mass is 9.92. The molecule has 1 saturated heterocycles. The average molecular weight is 365 g/mol. The molecule has 2 N–H and O–H groups in total. The molecule has 0 saturated carbocycles. The van der Waals surface area contributed by atoms with Gasteiger partial charge in [-0.2, -0.15) is 0 Å². The number of benzene rings is 2. The van der Waals surface area contributed by atoms with Gasteiger partial charge >= 0.3 is 6.03 Å². The summed E-state index contributed by atoms with van der Waals surface area (Å²) in [6.07, 6.45) is 0. The van der Waals surface area contributed by atoms with Gasteiger partial charge in [0.05, 0.1) is 0 Å². The molecule has 140 valence electrons. The van der Waals surface area contributed by atoms with E-state index in [1.165, 1.54) is 0 Å². The van der Waals surface area contributed by atoms with Crippen molar-refractivity contribution in [3.05, 3.63) is 71.8 Å². The number of carbonyl (C=O) groups excluding carboxylic acids is 3. The monoisotopic (exact) mass is 365 g/mol. The molecule has 0 aromatic heterocycles. The van der Waals surface area contributed by atoms with Crippen LogP contribution in [0.15, 0.2) is 60.7 Å². The van der Waals surface area contributed by atoms with Gasteiger partial charge in [-0.05, 0) is 24.0 Å². The number of imide groups is 1. The van der Waals surface area contributed by atoms with Crippen molar-refractivity contribution < 1.29 is 14.4 Å². The topological polar surface area (TPSA) is 78.5 Å². The number of carbonyl (C=O) groups is 3. The van der Waals surface area contributed by atoms with E-state index in [-0.39, 0.29) is 18.4 Å². The van der Waals surface area contributed by atoms with Crippen LogP contribution in [0.25, 0.3) is 0 Å². The van der Waals surface area contributed by atoms with Crippen LogP contribution in [0.4, 0.5) is 4.79 Å². The van der Waals surface area contributed by atoms with Crippen LogP contribution in [0.2, 0.25) is 0 Å². The van der Waals surface area contributed by atoms with Crippen molar-refractivity contribution in [2.24, 2.45) is 0 Å². The molecule has 0 bridgehead atoms. The molecule has 6 nitrogen and oxygen atoms in total. The Morgan fingerprint density at radius 2 is 1.67 bits per heavy atom. The highest BCUT2D eigenvalue weighted by atomic mass is 16.2. The molecule has 0 radical (unpaired) electrons. The van der Waals surface area contributed by atoms with Crippen molar-refractivity contribution in [1.29, 1.82) is 0 Å². The van der Waals surface area contributed by atoms with Gasteiger partial charge in [-0.15, -0.1) is 0 Å². The van der Waals surface area contributed by atoms with E-state index in [0.717, 1.165) is 10.5 Å². The molecule has 2 aromatic carbocycles. The summed E-state index contributed by atoms with van der Waals surface area (Å²) in [6.45, 7) is 3.80. The van der Waals surface area contributed by atoms with Crippen LogP contribution in [0.1, 0.15) is 30.9 Å². The minimum absolute atomic E-state index is 0.132. The summed E-state index contributed by atoms with van der Waals surface area (Å²) in [6, 6.07) is 18.3. The maximum absolute atomic E-state index is 12.8. The van der Waals surface area contributed by atoms with Crippen molar-refractivity contribution in [2.75, 3.05) is 13.1 Å². The quantitative estimate of drug-likeness (QED) is 0.772. The lowest BCUT2D eigenvalue weighted by Crippen LogP contribution is -2.43. The zero-order chi connectivity index (χ0) is 19.4. The molecule has 6 heteroatoms. The number of urea groups is 1.